The minimum absolute atomic E-state index is 0.0285. The highest BCUT2D eigenvalue weighted by molar-refractivity contribution is 5.97. The summed E-state index contributed by atoms with van der Waals surface area (Å²) in [6.45, 7) is 2.66. The summed E-state index contributed by atoms with van der Waals surface area (Å²) >= 11 is 0. The van der Waals surface area contributed by atoms with Crippen LogP contribution in [-0.2, 0) is 16.0 Å². The molecule has 6 rings (SSSR count). The predicted octanol–water partition coefficient (Wildman–Crippen LogP) is 4.75. The van der Waals surface area contributed by atoms with E-state index in [-0.39, 0.29) is 29.7 Å². The van der Waals surface area contributed by atoms with Gasteiger partial charge in [-0.15, -0.1) is 5.10 Å². The number of hydrogen-bond acceptors (Lipinski definition) is 7. The Bertz CT molecular complexity index is 1460. The predicted molar refractivity (Wildman–Crippen MR) is 139 cm³/mol. The lowest BCUT2D eigenvalue weighted by Gasteiger charge is -2.28. The minimum Gasteiger partial charge on any atom is -0.403 e. The third-order valence-corrected chi connectivity index (χ3v) is 6.70. The summed E-state index contributed by atoms with van der Waals surface area (Å²) in [7, 11) is 0. The molecule has 4 aromatic rings. The van der Waals surface area contributed by atoms with Gasteiger partial charge >= 0.3 is 6.01 Å². The zero-order valence-corrected chi connectivity index (χ0v) is 20.1. The Morgan fingerprint density at radius 3 is 2.51 bits per heavy atom. The van der Waals surface area contributed by atoms with Crippen molar-refractivity contribution < 1.29 is 18.3 Å². The number of rotatable bonds is 5. The molecule has 37 heavy (non-hydrogen) atoms. The Labute approximate surface area is 213 Å². The topological polar surface area (TPSA) is 80.5 Å². The quantitative estimate of drug-likeness (QED) is 0.427. The second-order valence-electron chi connectivity index (χ2n) is 9.04. The molecule has 0 spiro atoms. The molecule has 1 saturated heterocycles. The highest BCUT2D eigenvalue weighted by Gasteiger charge is 2.26. The monoisotopic (exact) mass is 496 g/mol. The van der Waals surface area contributed by atoms with Crippen molar-refractivity contribution in [3.63, 3.8) is 0 Å². The first-order valence-corrected chi connectivity index (χ1v) is 12.3. The molecule has 0 amide bonds. The van der Waals surface area contributed by atoms with Gasteiger partial charge in [0.05, 0.1) is 18.8 Å². The molecule has 1 aromatic heterocycles. The van der Waals surface area contributed by atoms with Crippen LogP contribution in [-0.4, -0.2) is 48.3 Å². The van der Waals surface area contributed by atoms with Gasteiger partial charge in [0.2, 0.25) is 0 Å². The van der Waals surface area contributed by atoms with Gasteiger partial charge in [0, 0.05) is 25.2 Å². The number of aromatic nitrogens is 2. The third kappa shape index (κ3) is 4.75. The maximum atomic E-state index is 15.0. The van der Waals surface area contributed by atoms with Crippen LogP contribution in [0, 0.1) is 5.82 Å². The number of halogens is 1. The van der Waals surface area contributed by atoms with Gasteiger partial charge in [0.25, 0.3) is 5.89 Å². The number of fused-ring (bicyclic) bond motifs is 1. The number of nitrogens with one attached hydrogen (secondary N) is 1. The first-order chi connectivity index (χ1) is 18.2. The number of nitrogens with zero attached hydrogens (tertiary/aromatic N) is 3. The Balaban J connectivity index is 1.27. The molecule has 1 fully saturated rings. The number of hydrogen-bond donors (Lipinski definition) is 1. The van der Waals surface area contributed by atoms with E-state index in [1.807, 2.05) is 66.7 Å². The number of ketones is 1. The minimum atomic E-state index is -0.690. The molecular formula is C29H25FN4O3. The molecule has 1 N–H and O–H groups in total. The highest BCUT2D eigenvalue weighted by atomic mass is 19.1. The summed E-state index contributed by atoms with van der Waals surface area (Å²) < 4.78 is 26.1. The number of benzene rings is 3. The lowest BCUT2D eigenvalue weighted by molar-refractivity contribution is -0.118. The van der Waals surface area contributed by atoms with Gasteiger partial charge in [-0.2, -0.15) is 0 Å². The van der Waals surface area contributed by atoms with Gasteiger partial charge < -0.3 is 19.4 Å². The van der Waals surface area contributed by atoms with Gasteiger partial charge in [-0.3, -0.25) is 4.79 Å². The lowest BCUT2D eigenvalue weighted by Crippen LogP contribution is -2.36. The average Bonchev–Trinajstić information content (AvgIpc) is 3.35. The van der Waals surface area contributed by atoms with E-state index in [0.717, 1.165) is 28.0 Å². The fourth-order valence-corrected chi connectivity index (χ4v) is 4.80. The molecule has 2 heterocycles. The van der Waals surface area contributed by atoms with E-state index in [0.29, 0.717) is 26.3 Å². The van der Waals surface area contributed by atoms with Crippen molar-refractivity contribution in [1.29, 1.82) is 0 Å². The van der Waals surface area contributed by atoms with Gasteiger partial charge in [-0.05, 0) is 46.5 Å². The first-order valence-electron chi connectivity index (χ1n) is 12.3. The SMILES string of the molecule is O=C1Cc2ccccc2C(c2ccccc2)=C[C@@H]1Nc1nnc(-c2ccc(N3CCOCC3)cc2F)o1. The zero-order chi connectivity index (χ0) is 25.2. The van der Waals surface area contributed by atoms with Crippen LogP contribution in [0.2, 0.25) is 0 Å². The van der Waals surface area contributed by atoms with Crippen molar-refractivity contribution in [2.24, 2.45) is 0 Å². The summed E-state index contributed by atoms with van der Waals surface area (Å²) in [5.41, 5.74) is 4.91. The molecule has 2 aliphatic rings. The average molecular weight is 497 g/mol. The van der Waals surface area contributed by atoms with Gasteiger partial charge in [0.1, 0.15) is 11.9 Å². The summed E-state index contributed by atoms with van der Waals surface area (Å²) in [5.74, 6) is -0.434. The van der Waals surface area contributed by atoms with Crippen molar-refractivity contribution in [2.45, 2.75) is 12.5 Å². The van der Waals surface area contributed by atoms with E-state index >= 15 is 0 Å². The standard InChI is InChI=1S/C29H25FN4O3/c30-25-17-21(34-12-14-36-15-13-34)10-11-23(25)28-32-33-29(37-28)31-26-18-24(19-6-2-1-3-7-19)22-9-5-4-8-20(22)16-27(26)35/h1-11,17-18,26H,12-16H2,(H,31,33)/t26-/m0/s1. The van der Waals surface area contributed by atoms with Crippen molar-refractivity contribution >= 4 is 23.1 Å². The number of Topliss-reactive ketones (excluding diaryl/α,β-unsaturated/α-hetero) is 1. The number of carbonyl (C=O) groups is 1. The van der Waals surface area contributed by atoms with Crippen LogP contribution in [0.4, 0.5) is 16.1 Å². The molecule has 186 valence electrons. The molecule has 0 radical (unpaired) electrons. The van der Waals surface area contributed by atoms with E-state index in [9.17, 15) is 9.18 Å². The summed E-state index contributed by atoms with van der Waals surface area (Å²) in [6, 6.07) is 22.1. The van der Waals surface area contributed by atoms with Crippen LogP contribution in [0.15, 0.2) is 83.3 Å². The van der Waals surface area contributed by atoms with Crippen molar-refractivity contribution in [1.82, 2.24) is 10.2 Å². The molecule has 0 saturated carbocycles. The Morgan fingerprint density at radius 1 is 0.919 bits per heavy atom. The molecule has 0 unspecified atom stereocenters. The molecule has 3 aromatic carbocycles. The van der Waals surface area contributed by atoms with Gasteiger partial charge in [-0.1, -0.05) is 59.7 Å². The molecular weight excluding hydrogens is 471 g/mol. The number of morpholine rings is 1. The van der Waals surface area contributed by atoms with E-state index in [4.69, 9.17) is 9.15 Å². The molecule has 1 atom stereocenters. The Kier molecular flexibility index (Phi) is 6.24. The second kappa shape index (κ2) is 9.99. The van der Waals surface area contributed by atoms with Gasteiger partial charge in [0.15, 0.2) is 5.78 Å². The van der Waals surface area contributed by atoms with Crippen molar-refractivity contribution in [2.75, 3.05) is 36.5 Å². The van der Waals surface area contributed by atoms with Crippen molar-refractivity contribution in [3.8, 4) is 11.5 Å². The third-order valence-electron chi connectivity index (χ3n) is 6.70. The fourth-order valence-electron chi connectivity index (χ4n) is 4.80. The van der Waals surface area contributed by atoms with Crippen LogP contribution >= 0.6 is 0 Å². The first kappa shape index (κ1) is 23.1. The van der Waals surface area contributed by atoms with E-state index in [2.05, 4.69) is 20.4 Å². The zero-order valence-electron chi connectivity index (χ0n) is 20.1. The largest absolute Gasteiger partial charge is 0.403 e. The molecule has 1 aliphatic heterocycles. The molecule has 1 aliphatic carbocycles. The van der Waals surface area contributed by atoms with Crippen LogP contribution in [0.3, 0.4) is 0 Å². The van der Waals surface area contributed by atoms with Gasteiger partial charge in [-0.25, -0.2) is 4.39 Å². The fraction of sp³-hybridized carbons (Fsp3) is 0.207. The van der Waals surface area contributed by atoms with Crippen LogP contribution < -0.4 is 10.2 Å². The summed E-state index contributed by atoms with van der Waals surface area (Å²) in [6.07, 6.45) is 2.16. The van der Waals surface area contributed by atoms with Crippen LogP contribution in [0.5, 0.6) is 0 Å². The summed E-state index contributed by atoms with van der Waals surface area (Å²) in [4.78, 5) is 15.3. The molecule has 0 bridgehead atoms. The van der Waals surface area contributed by atoms with E-state index in [1.54, 1.807) is 6.07 Å². The Hall–Kier alpha value is -4.30. The normalized spacial score (nSPS) is 17.6. The smallest absolute Gasteiger partial charge is 0.316 e. The van der Waals surface area contributed by atoms with E-state index in [1.165, 1.54) is 6.07 Å². The lowest BCUT2D eigenvalue weighted by atomic mass is 9.94. The maximum Gasteiger partial charge on any atom is 0.316 e. The van der Waals surface area contributed by atoms with Crippen molar-refractivity contribution in [3.05, 3.63) is 101 Å². The highest BCUT2D eigenvalue weighted by Crippen LogP contribution is 2.32. The number of ether oxygens (including phenoxy) is 1. The van der Waals surface area contributed by atoms with Crippen LogP contribution in [0.1, 0.15) is 16.7 Å². The second-order valence-corrected chi connectivity index (χ2v) is 9.04. The van der Waals surface area contributed by atoms with Crippen LogP contribution in [0.25, 0.3) is 17.0 Å². The number of carbonyl (C=O) groups excluding carboxylic acids is 1. The number of anilines is 2. The summed E-state index contributed by atoms with van der Waals surface area (Å²) in [5, 5.41) is 11.2. The maximum absolute atomic E-state index is 15.0. The van der Waals surface area contributed by atoms with E-state index < -0.39 is 11.9 Å². The Morgan fingerprint density at radius 2 is 1.70 bits per heavy atom. The molecule has 8 heteroatoms. The molecule has 7 nitrogen and oxygen atoms in total.